The highest BCUT2D eigenvalue weighted by molar-refractivity contribution is 7.15. The Kier molecular flexibility index (Phi) is 4.67. The van der Waals surface area contributed by atoms with Gasteiger partial charge in [-0.25, -0.2) is 0 Å². The smallest absolute Gasteiger partial charge is 0.378 e. The first-order chi connectivity index (χ1) is 11.0. The molecule has 1 aromatic heterocycles. The molecule has 124 valence electrons. The maximum absolute atomic E-state index is 12.5. The van der Waals surface area contributed by atoms with Gasteiger partial charge in [-0.15, -0.1) is 10.2 Å². The second-order valence-corrected chi connectivity index (χ2v) is 5.97. The number of hydrogen-bond donors (Lipinski definition) is 1. The molecular formula is C14H15F3N4OS. The average molecular weight is 344 g/mol. The SMILES string of the molecule is FC(F)(F)c1nnc(NCc2ccccc2N2CCOCC2)s1. The molecule has 0 amide bonds. The predicted molar refractivity (Wildman–Crippen MR) is 81.7 cm³/mol. The summed E-state index contributed by atoms with van der Waals surface area (Å²) in [6.07, 6.45) is -4.46. The number of benzene rings is 1. The molecule has 0 unspecified atom stereocenters. The molecule has 1 N–H and O–H groups in total. The van der Waals surface area contributed by atoms with Crippen molar-refractivity contribution in [1.29, 1.82) is 0 Å². The Balaban J connectivity index is 1.69. The van der Waals surface area contributed by atoms with Crippen LogP contribution in [0.4, 0.5) is 24.0 Å². The molecule has 3 rings (SSSR count). The quantitative estimate of drug-likeness (QED) is 0.924. The second-order valence-electron chi connectivity index (χ2n) is 4.99. The summed E-state index contributed by atoms with van der Waals surface area (Å²) in [7, 11) is 0. The van der Waals surface area contributed by atoms with E-state index < -0.39 is 11.2 Å². The number of rotatable bonds is 4. The lowest BCUT2D eigenvalue weighted by atomic mass is 10.1. The van der Waals surface area contributed by atoms with Crippen molar-refractivity contribution in [1.82, 2.24) is 10.2 Å². The van der Waals surface area contributed by atoms with E-state index in [9.17, 15) is 13.2 Å². The molecule has 0 aliphatic carbocycles. The lowest BCUT2D eigenvalue weighted by molar-refractivity contribution is -0.138. The van der Waals surface area contributed by atoms with E-state index in [-0.39, 0.29) is 5.13 Å². The summed E-state index contributed by atoms with van der Waals surface area (Å²) in [4.78, 5) is 2.21. The molecule has 23 heavy (non-hydrogen) atoms. The molecule has 1 fully saturated rings. The zero-order chi connectivity index (χ0) is 16.3. The van der Waals surface area contributed by atoms with Gasteiger partial charge in [0.1, 0.15) is 0 Å². The third-order valence-electron chi connectivity index (χ3n) is 3.44. The number of halogens is 3. The first-order valence-electron chi connectivity index (χ1n) is 7.09. The number of aromatic nitrogens is 2. The van der Waals surface area contributed by atoms with Crippen molar-refractivity contribution in [3.63, 3.8) is 0 Å². The number of ether oxygens (including phenoxy) is 1. The Morgan fingerprint density at radius 1 is 1.17 bits per heavy atom. The minimum Gasteiger partial charge on any atom is -0.378 e. The molecule has 0 bridgehead atoms. The van der Waals surface area contributed by atoms with Crippen LogP contribution in [0, 0.1) is 0 Å². The summed E-state index contributed by atoms with van der Waals surface area (Å²) in [6, 6.07) is 7.80. The summed E-state index contributed by atoms with van der Waals surface area (Å²) >= 11 is 0.509. The molecule has 1 aromatic carbocycles. The fourth-order valence-corrected chi connectivity index (χ4v) is 2.96. The van der Waals surface area contributed by atoms with Crippen LogP contribution < -0.4 is 10.2 Å². The Hall–Kier alpha value is -1.87. The highest BCUT2D eigenvalue weighted by Gasteiger charge is 2.35. The van der Waals surface area contributed by atoms with Gasteiger partial charge in [0.15, 0.2) is 0 Å². The molecule has 1 aliphatic rings. The zero-order valence-electron chi connectivity index (χ0n) is 12.1. The van der Waals surface area contributed by atoms with Crippen LogP contribution in [-0.4, -0.2) is 36.5 Å². The summed E-state index contributed by atoms with van der Waals surface area (Å²) in [6.45, 7) is 3.34. The summed E-state index contributed by atoms with van der Waals surface area (Å²) in [5.41, 5.74) is 2.06. The molecule has 9 heteroatoms. The van der Waals surface area contributed by atoms with Gasteiger partial charge in [0.25, 0.3) is 0 Å². The number of nitrogens with one attached hydrogen (secondary N) is 1. The fourth-order valence-electron chi connectivity index (χ4n) is 2.35. The van der Waals surface area contributed by atoms with E-state index in [1.807, 2.05) is 24.3 Å². The number of hydrogen-bond acceptors (Lipinski definition) is 6. The normalized spacial score (nSPS) is 15.7. The third-order valence-corrected chi connectivity index (χ3v) is 4.37. The molecular weight excluding hydrogens is 329 g/mol. The number of para-hydroxylation sites is 1. The monoisotopic (exact) mass is 344 g/mol. The van der Waals surface area contributed by atoms with E-state index in [2.05, 4.69) is 20.4 Å². The first-order valence-corrected chi connectivity index (χ1v) is 7.91. The van der Waals surface area contributed by atoms with Crippen LogP contribution >= 0.6 is 11.3 Å². The highest BCUT2D eigenvalue weighted by atomic mass is 32.1. The van der Waals surface area contributed by atoms with E-state index in [0.717, 1.165) is 24.3 Å². The van der Waals surface area contributed by atoms with Crippen LogP contribution in [-0.2, 0) is 17.5 Å². The molecule has 1 aliphatic heterocycles. The van der Waals surface area contributed by atoms with Crippen LogP contribution in [0.3, 0.4) is 0 Å². The first kappa shape index (κ1) is 16.0. The number of alkyl halides is 3. The molecule has 1 saturated heterocycles. The van der Waals surface area contributed by atoms with E-state index in [4.69, 9.17) is 4.74 Å². The van der Waals surface area contributed by atoms with Gasteiger partial charge in [0, 0.05) is 25.3 Å². The van der Waals surface area contributed by atoms with Crippen molar-refractivity contribution >= 4 is 22.2 Å². The molecule has 0 spiro atoms. The lowest BCUT2D eigenvalue weighted by Crippen LogP contribution is -2.36. The molecule has 2 aromatic rings. The van der Waals surface area contributed by atoms with Crippen LogP contribution in [0.25, 0.3) is 0 Å². The van der Waals surface area contributed by atoms with Gasteiger partial charge in [-0.3, -0.25) is 0 Å². The van der Waals surface area contributed by atoms with Crippen molar-refractivity contribution in [3.05, 3.63) is 34.8 Å². The fraction of sp³-hybridized carbons (Fsp3) is 0.429. The summed E-state index contributed by atoms with van der Waals surface area (Å²) < 4.78 is 42.9. The van der Waals surface area contributed by atoms with Crippen LogP contribution in [0.2, 0.25) is 0 Å². The van der Waals surface area contributed by atoms with Crippen molar-refractivity contribution < 1.29 is 17.9 Å². The van der Waals surface area contributed by atoms with Crippen LogP contribution in [0.15, 0.2) is 24.3 Å². The highest BCUT2D eigenvalue weighted by Crippen LogP contribution is 2.33. The Morgan fingerprint density at radius 3 is 2.61 bits per heavy atom. The van der Waals surface area contributed by atoms with Gasteiger partial charge < -0.3 is 15.0 Å². The molecule has 5 nitrogen and oxygen atoms in total. The maximum Gasteiger partial charge on any atom is 0.445 e. The van der Waals surface area contributed by atoms with E-state index >= 15 is 0 Å². The third kappa shape index (κ3) is 3.91. The lowest BCUT2D eigenvalue weighted by Gasteiger charge is -2.30. The standard InChI is InChI=1S/C14H15F3N4OS/c15-14(16,17)12-19-20-13(23-12)18-9-10-3-1-2-4-11(10)21-5-7-22-8-6-21/h1-4H,5-9H2,(H,18,20). The summed E-state index contributed by atoms with van der Waals surface area (Å²) in [5.74, 6) is 0. The molecule has 0 saturated carbocycles. The van der Waals surface area contributed by atoms with Crippen molar-refractivity contribution in [3.8, 4) is 0 Å². The Bertz CT molecular complexity index is 655. The van der Waals surface area contributed by atoms with Gasteiger partial charge >= 0.3 is 6.18 Å². The second kappa shape index (κ2) is 6.71. The van der Waals surface area contributed by atoms with E-state index in [0.29, 0.717) is 31.1 Å². The minimum absolute atomic E-state index is 0.161. The van der Waals surface area contributed by atoms with E-state index in [1.54, 1.807) is 0 Å². The largest absolute Gasteiger partial charge is 0.445 e. The molecule has 2 heterocycles. The number of nitrogens with zero attached hydrogens (tertiary/aromatic N) is 3. The zero-order valence-corrected chi connectivity index (χ0v) is 13.0. The molecule has 0 atom stereocenters. The van der Waals surface area contributed by atoms with E-state index in [1.165, 1.54) is 0 Å². The van der Waals surface area contributed by atoms with Crippen LogP contribution in [0.1, 0.15) is 10.6 Å². The van der Waals surface area contributed by atoms with Gasteiger partial charge in [0.05, 0.1) is 13.2 Å². The van der Waals surface area contributed by atoms with Gasteiger partial charge in [-0.1, -0.05) is 29.5 Å². The minimum atomic E-state index is -4.46. The molecule has 0 radical (unpaired) electrons. The van der Waals surface area contributed by atoms with Crippen LogP contribution in [0.5, 0.6) is 0 Å². The van der Waals surface area contributed by atoms with Crippen molar-refractivity contribution in [2.75, 3.05) is 36.5 Å². The number of morpholine rings is 1. The van der Waals surface area contributed by atoms with Gasteiger partial charge in [-0.2, -0.15) is 13.2 Å². The Labute approximate surface area is 135 Å². The van der Waals surface area contributed by atoms with Crippen molar-refractivity contribution in [2.24, 2.45) is 0 Å². The van der Waals surface area contributed by atoms with Gasteiger partial charge in [0.2, 0.25) is 10.1 Å². The maximum atomic E-state index is 12.5. The Morgan fingerprint density at radius 2 is 1.91 bits per heavy atom. The van der Waals surface area contributed by atoms with Crippen molar-refractivity contribution in [2.45, 2.75) is 12.7 Å². The number of anilines is 2. The predicted octanol–water partition coefficient (Wildman–Crippen LogP) is 3.01. The topological polar surface area (TPSA) is 50.3 Å². The average Bonchev–Trinajstić information content (AvgIpc) is 3.03. The van der Waals surface area contributed by atoms with Gasteiger partial charge in [-0.05, 0) is 11.6 Å². The summed E-state index contributed by atoms with van der Waals surface area (Å²) in [5, 5.41) is 8.85.